The number of nitrogens with zero attached hydrogens (tertiary/aromatic N) is 2. The third-order valence-corrected chi connectivity index (χ3v) is 8.03. The summed E-state index contributed by atoms with van der Waals surface area (Å²) in [6, 6.07) is 9.62. The second-order valence-corrected chi connectivity index (χ2v) is 10.3. The predicted molar refractivity (Wildman–Crippen MR) is 130 cm³/mol. The van der Waals surface area contributed by atoms with Crippen LogP contribution in [0.3, 0.4) is 0 Å². The van der Waals surface area contributed by atoms with Crippen molar-refractivity contribution < 1.29 is 14.3 Å². The lowest BCUT2D eigenvalue weighted by molar-refractivity contribution is -0.116. The van der Waals surface area contributed by atoms with Crippen LogP contribution in [0.2, 0.25) is 0 Å². The Bertz CT molecular complexity index is 1050. The molecule has 0 spiro atoms. The molecule has 1 saturated heterocycles. The maximum atomic E-state index is 12.8. The van der Waals surface area contributed by atoms with Gasteiger partial charge in [0.1, 0.15) is 16.8 Å². The van der Waals surface area contributed by atoms with Crippen LogP contribution in [0, 0.1) is 23.2 Å². The number of likely N-dealkylation sites (tertiary alicyclic amines) is 1. The molecule has 1 atom stereocenters. The summed E-state index contributed by atoms with van der Waals surface area (Å²) in [5.74, 6) is 1.55. The van der Waals surface area contributed by atoms with Crippen LogP contribution in [0.25, 0.3) is 0 Å². The minimum Gasteiger partial charge on any atom is -0.497 e. The van der Waals surface area contributed by atoms with E-state index in [1.54, 1.807) is 18.4 Å². The average molecular weight is 466 g/mol. The molecule has 7 heteroatoms. The number of nitriles is 1. The molecule has 33 heavy (non-hydrogen) atoms. The van der Waals surface area contributed by atoms with Crippen LogP contribution >= 0.6 is 11.3 Å². The molecule has 2 aromatic rings. The van der Waals surface area contributed by atoms with Gasteiger partial charge in [-0.3, -0.25) is 9.59 Å². The van der Waals surface area contributed by atoms with Crippen LogP contribution in [0.1, 0.15) is 59.0 Å². The van der Waals surface area contributed by atoms with Gasteiger partial charge in [0.05, 0.1) is 12.7 Å². The second kappa shape index (κ2) is 10.5. The van der Waals surface area contributed by atoms with E-state index < -0.39 is 0 Å². The smallest absolute Gasteiger partial charge is 0.226 e. The number of fused-ring (bicyclic) bond motifs is 1. The quantitative estimate of drug-likeness (QED) is 0.601. The number of hydrogen-bond acceptors (Lipinski definition) is 6. The number of rotatable bonds is 7. The number of benzene rings is 1. The fourth-order valence-electron chi connectivity index (χ4n) is 4.82. The van der Waals surface area contributed by atoms with Crippen LogP contribution in [0.4, 0.5) is 5.00 Å². The van der Waals surface area contributed by atoms with Crippen molar-refractivity contribution in [2.24, 2.45) is 11.8 Å². The van der Waals surface area contributed by atoms with E-state index in [-0.39, 0.29) is 17.6 Å². The lowest BCUT2D eigenvalue weighted by Crippen LogP contribution is -2.38. The number of hydrogen-bond donors (Lipinski definition) is 1. The van der Waals surface area contributed by atoms with Gasteiger partial charge in [0.2, 0.25) is 5.91 Å². The van der Waals surface area contributed by atoms with Gasteiger partial charge >= 0.3 is 0 Å². The minimum absolute atomic E-state index is 0.0292. The number of amides is 1. The van der Waals surface area contributed by atoms with Crippen molar-refractivity contribution in [1.82, 2.24) is 4.90 Å². The molecule has 0 bridgehead atoms. The Kier molecular flexibility index (Phi) is 7.46. The third-order valence-electron chi connectivity index (χ3n) is 6.86. The van der Waals surface area contributed by atoms with Gasteiger partial charge in [0.15, 0.2) is 5.78 Å². The standard InChI is InChI=1S/C26H31N3O3S/c1-17-3-8-21-22(16-27)26(33-23(21)15-17)28-24(30)11-14-29-12-9-19(10-13-29)25(31)18-4-6-20(32-2)7-5-18/h4-7,17,19H,3,8-15H2,1-2H3,(H,28,30). The molecular formula is C26H31N3O3S. The van der Waals surface area contributed by atoms with E-state index in [9.17, 15) is 14.9 Å². The first-order chi connectivity index (χ1) is 16.0. The van der Waals surface area contributed by atoms with Gasteiger partial charge in [-0.1, -0.05) is 6.92 Å². The molecular weight excluding hydrogens is 434 g/mol. The Morgan fingerprint density at radius 2 is 1.94 bits per heavy atom. The molecule has 2 heterocycles. The van der Waals surface area contributed by atoms with E-state index in [0.717, 1.165) is 62.1 Å². The Morgan fingerprint density at radius 3 is 2.61 bits per heavy atom. The van der Waals surface area contributed by atoms with E-state index in [4.69, 9.17) is 4.74 Å². The zero-order chi connectivity index (χ0) is 23.4. The van der Waals surface area contributed by atoms with Crippen molar-refractivity contribution in [1.29, 1.82) is 5.26 Å². The van der Waals surface area contributed by atoms with E-state index in [1.807, 2.05) is 24.3 Å². The van der Waals surface area contributed by atoms with Crippen LogP contribution in [-0.4, -0.2) is 43.3 Å². The zero-order valence-electron chi connectivity index (χ0n) is 19.4. The summed E-state index contributed by atoms with van der Waals surface area (Å²) in [6.07, 6.45) is 5.02. The van der Waals surface area contributed by atoms with Crippen molar-refractivity contribution in [2.75, 3.05) is 32.1 Å². The molecule has 4 rings (SSSR count). The molecule has 1 aromatic carbocycles. The number of nitrogens with one attached hydrogen (secondary N) is 1. The molecule has 1 aliphatic carbocycles. The Labute approximate surface area is 199 Å². The van der Waals surface area contributed by atoms with Crippen molar-refractivity contribution >= 4 is 28.0 Å². The first kappa shape index (κ1) is 23.5. The molecule has 1 unspecified atom stereocenters. The van der Waals surface area contributed by atoms with E-state index in [0.29, 0.717) is 29.4 Å². The Hall–Kier alpha value is -2.69. The average Bonchev–Trinajstić information content (AvgIpc) is 3.18. The van der Waals surface area contributed by atoms with Gasteiger partial charge in [0.25, 0.3) is 0 Å². The van der Waals surface area contributed by atoms with Gasteiger partial charge in [-0.2, -0.15) is 5.26 Å². The largest absolute Gasteiger partial charge is 0.497 e. The summed E-state index contributed by atoms with van der Waals surface area (Å²) in [6.45, 7) is 4.53. The van der Waals surface area contributed by atoms with Crippen molar-refractivity contribution in [3.8, 4) is 11.8 Å². The minimum atomic E-state index is -0.0467. The van der Waals surface area contributed by atoms with Gasteiger partial charge in [-0.15, -0.1) is 11.3 Å². The number of ether oxygens (including phenoxy) is 1. The summed E-state index contributed by atoms with van der Waals surface area (Å²) in [5, 5.41) is 13.3. The van der Waals surface area contributed by atoms with Crippen LogP contribution < -0.4 is 10.1 Å². The lowest BCUT2D eigenvalue weighted by Gasteiger charge is -2.31. The first-order valence-corrected chi connectivity index (χ1v) is 12.5. The van der Waals surface area contributed by atoms with Gasteiger partial charge in [-0.25, -0.2) is 0 Å². The number of anilines is 1. The highest BCUT2D eigenvalue weighted by molar-refractivity contribution is 7.16. The fourth-order valence-corrected chi connectivity index (χ4v) is 6.19. The van der Waals surface area contributed by atoms with Gasteiger partial charge in [0, 0.05) is 29.3 Å². The third kappa shape index (κ3) is 5.45. The molecule has 0 saturated carbocycles. The van der Waals surface area contributed by atoms with Gasteiger partial charge < -0.3 is 15.0 Å². The predicted octanol–water partition coefficient (Wildman–Crippen LogP) is 4.68. The van der Waals surface area contributed by atoms with Crippen LogP contribution in [0.15, 0.2) is 24.3 Å². The van der Waals surface area contributed by atoms with Crippen molar-refractivity contribution in [2.45, 2.75) is 45.4 Å². The van der Waals surface area contributed by atoms with E-state index in [1.165, 1.54) is 4.88 Å². The summed E-state index contributed by atoms with van der Waals surface area (Å²) >= 11 is 1.57. The Balaban J connectivity index is 1.25. The lowest BCUT2D eigenvalue weighted by atomic mass is 9.88. The van der Waals surface area contributed by atoms with Crippen LogP contribution in [0.5, 0.6) is 5.75 Å². The molecule has 1 aliphatic heterocycles. The van der Waals surface area contributed by atoms with Crippen molar-refractivity contribution in [3.05, 3.63) is 45.8 Å². The molecule has 1 fully saturated rings. The Morgan fingerprint density at radius 1 is 1.21 bits per heavy atom. The zero-order valence-corrected chi connectivity index (χ0v) is 20.2. The highest BCUT2D eigenvalue weighted by Crippen LogP contribution is 2.39. The fraction of sp³-hybridized carbons (Fsp3) is 0.500. The highest BCUT2D eigenvalue weighted by Gasteiger charge is 2.27. The monoisotopic (exact) mass is 465 g/mol. The number of thiophene rings is 1. The summed E-state index contributed by atoms with van der Waals surface area (Å²) in [7, 11) is 1.61. The molecule has 1 N–H and O–H groups in total. The van der Waals surface area contributed by atoms with E-state index >= 15 is 0 Å². The van der Waals surface area contributed by atoms with Crippen LogP contribution in [-0.2, 0) is 17.6 Å². The molecule has 174 valence electrons. The maximum absolute atomic E-state index is 12.8. The van der Waals surface area contributed by atoms with Gasteiger partial charge in [-0.05, 0) is 80.9 Å². The van der Waals surface area contributed by atoms with E-state index in [2.05, 4.69) is 23.2 Å². The number of Topliss-reactive ketones (excluding diaryl/α,β-unsaturated/α-hetero) is 1. The molecule has 1 aromatic heterocycles. The topological polar surface area (TPSA) is 82.4 Å². The number of piperidine rings is 1. The van der Waals surface area contributed by atoms with Crippen molar-refractivity contribution in [3.63, 3.8) is 0 Å². The summed E-state index contributed by atoms with van der Waals surface area (Å²) in [5.41, 5.74) is 2.53. The SMILES string of the molecule is COc1ccc(C(=O)C2CCN(CCC(=O)Nc3sc4c(c3C#N)CCC(C)C4)CC2)cc1. The second-order valence-electron chi connectivity index (χ2n) is 9.17. The number of ketones is 1. The molecule has 2 aliphatic rings. The molecule has 6 nitrogen and oxygen atoms in total. The first-order valence-electron chi connectivity index (χ1n) is 11.7. The normalized spacial score (nSPS) is 18.9. The number of carbonyl (C=O) groups is 2. The summed E-state index contributed by atoms with van der Waals surface area (Å²) < 4.78 is 5.16. The summed E-state index contributed by atoms with van der Waals surface area (Å²) in [4.78, 5) is 28.9. The maximum Gasteiger partial charge on any atom is 0.226 e. The molecule has 0 radical (unpaired) electrons. The number of methoxy groups -OCH3 is 1. The molecule has 1 amide bonds. The number of carbonyl (C=O) groups excluding carboxylic acids is 2. The highest BCUT2D eigenvalue weighted by atomic mass is 32.1.